The fourth-order valence-electron chi connectivity index (χ4n) is 3.46. The van der Waals surface area contributed by atoms with E-state index in [2.05, 4.69) is 26.2 Å². The van der Waals surface area contributed by atoms with Crippen molar-refractivity contribution >= 4 is 17.4 Å². The summed E-state index contributed by atoms with van der Waals surface area (Å²) in [6.07, 6.45) is 3.21. The number of methoxy groups -OCH3 is 1. The third-order valence-corrected chi connectivity index (χ3v) is 5.04. The number of carbonyl (C=O) groups excluding carboxylic acids is 1. The van der Waals surface area contributed by atoms with E-state index in [-0.39, 0.29) is 5.91 Å². The van der Waals surface area contributed by atoms with Crippen LogP contribution in [-0.4, -0.2) is 44.2 Å². The number of hydrogen-bond acceptors (Lipinski definition) is 6. The lowest BCUT2D eigenvalue weighted by molar-refractivity contribution is 0.0947. The van der Waals surface area contributed by atoms with E-state index in [1.807, 2.05) is 36.4 Å². The minimum atomic E-state index is -0.165. The van der Waals surface area contributed by atoms with Gasteiger partial charge in [0.2, 0.25) is 0 Å². The van der Waals surface area contributed by atoms with Crippen LogP contribution in [0.2, 0.25) is 0 Å². The van der Waals surface area contributed by atoms with Gasteiger partial charge in [-0.15, -0.1) is 0 Å². The molecule has 0 radical (unpaired) electrons. The van der Waals surface area contributed by atoms with Crippen LogP contribution in [0.25, 0.3) is 0 Å². The first kappa shape index (κ1) is 18.9. The van der Waals surface area contributed by atoms with Crippen molar-refractivity contribution in [3.63, 3.8) is 0 Å². The van der Waals surface area contributed by atoms with E-state index in [0.717, 1.165) is 49.2 Å². The molecule has 1 amide bonds. The van der Waals surface area contributed by atoms with Gasteiger partial charge in [-0.1, -0.05) is 12.1 Å². The van der Waals surface area contributed by atoms with E-state index in [0.29, 0.717) is 12.1 Å². The van der Waals surface area contributed by atoms with Crippen molar-refractivity contribution in [2.75, 3.05) is 43.1 Å². The number of nitrogens with zero attached hydrogens (tertiary/aromatic N) is 3. The van der Waals surface area contributed by atoms with Gasteiger partial charge in [-0.05, 0) is 36.4 Å². The lowest BCUT2D eigenvalue weighted by Crippen LogP contribution is -2.47. The van der Waals surface area contributed by atoms with Gasteiger partial charge in [0.25, 0.3) is 5.91 Å². The zero-order chi connectivity index (χ0) is 20.1. The van der Waals surface area contributed by atoms with Gasteiger partial charge in [0.1, 0.15) is 17.3 Å². The fourth-order valence-corrected chi connectivity index (χ4v) is 3.46. The highest BCUT2D eigenvalue weighted by Gasteiger charge is 2.20. The molecule has 3 heterocycles. The Kier molecular flexibility index (Phi) is 5.65. The summed E-state index contributed by atoms with van der Waals surface area (Å²) in [5.41, 5.74) is 1.65. The number of para-hydroxylation sites is 2. The lowest BCUT2D eigenvalue weighted by Gasteiger charge is -2.37. The topological polar surface area (TPSA) is 70.8 Å². The van der Waals surface area contributed by atoms with Crippen LogP contribution < -0.4 is 19.9 Å². The number of piperazine rings is 1. The van der Waals surface area contributed by atoms with Gasteiger partial charge < -0.3 is 24.3 Å². The van der Waals surface area contributed by atoms with Crippen LogP contribution in [0.3, 0.4) is 0 Å². The first-order chi connectivity index (χ1) is 14.2. The molecule has 0 aliphatic carbocycles. The monoisotopic (exact) mass is 392 g/mol. The first-order valence-electron chi connectivity index (χ1n) is 9.64. The summed E-state index contributed by atoms with van der Waals surface area (Å²) in [5.74, 6) is 2.33. The van der Waals surface area contributed by atoms with Crippen molar-refractivity contribution in [2.24, 2.45) is 0 Å². The molecule has 1 fully saturated rings. The summed E-state index contributed by atoms with van der Waals surface area (Å²) >= 11 is 0. The van der Waals surface area contributed by atoms with E-state index >= 15 is 0 Å². The Bertz CT molecular complexity index is 933. The van der Waals surface area contributed by atoms with Crippen molar-refractivity contribution in [3.8, 4) is 5.75 Å². The molecular weight excluding hydrogens is 368 g/mol. The number of amides is 1. The molecule has 1 aliphatic rings. The molecule has 4 rings (SSSR count). The predicted molar refractivity (Wildman–Crippen MR) is 112 cm³/mol. The van der Waals surface area contributed by atoms with E-state index in [1.54, 1.807) is 25.6 Å². The number of aromatic nitrogens is 1. The highest BCUT2D eigenvalue weighted by atomic mass is 16.5. The quantitative estimate of drug-likeness (QED) is 0.696. The lowest BCUT2D eigenvalue weighted by atomic mass is 10.2. The number of nitrogens with one attached hydrogen (secondary N) is 1. The minimum Gasteiger partial charge on any atom is -0.495 e. The molecule has 1 aromatic carbocycles. The summed E-state index contributed by atoms with van der Waals surface area (Å²) in [5, 5.41) is 2.83. The van der Waals surface area contributed by atoms with Gasteiger partial charge in [-0.2, -0.15) is 0 Å². The summed E-state index contributed by atoms with van der Waals surface area (Å²) in [4.78, 5) is 21.3. The molecule has 0 atom stereocenters. The van der Waals surface area contributed by atoms with Crippen molar-refractivity contribution in [1.82, 2.24) is 10.3 Å². The Morgan fingerprint density at radius 3 is 2.55 bits per heavy atom. The van der Waals surface area contributed by atoms with Crippen LogP contribution in [0, 0.1) is 0 Å². The number of benzene rings is 1. The van der Waals surface area contributed by atoms with Crippen molar-refractivity contribution < 1.29 is 13.9 Å². The Labute approximate surface area is 169 Å². The fraction of sp³-hybridized carbons (Fsp3) is 0.273. The first-order valence-corrected chi connectivity index (χ1v) is 9.64. The second-order valence-electron chi connectivity index (χ2n) is 6.81. The molecule has 1 aliphatic heterocycles. The van der Waals surface area contributed by atoms with Crippen molar-refractivity contribution in [1.29, 1.82) is 0 Å². The maximum Gasteiger partial charge on any atom is 0.253 e. The zero-order valence-electron chi connectivity index (χ0n) is 16.4. The molecule has 2 aromatic heterocycles. The third-order valence-electron chi connectivity index (χ3n) is 5.04. The molecule has 7 nitrogen and oxygen atoms in total. The number of anilines is 2. The number of hydrogen-bond donors (Lipinski definition) is 1. The van der Waals surface area contributed by atoms with Crippen LogP contribution in [0.15, 0.2) is 65.4 Å². The van der Waals surface area contributed by atoms with Crippen LogP contribution in [0.5, 0.6) is 5.75 Å². The van der Waals surface area contributed by atoms with Gasteiger partial charge in [0, 0.05) is 32.4 Å². The van der Waals surface area contributed by atoms with E-state index < -0.39 is 0 Å². The SMILES string of the molecule is COc1ccccc1N1CCN(c2ccc(C(=O)NCc3ccco3)cn2)CC1. The van der Waals surface area contributed by atoms with Crippen LogP contribution in [0.1, 0.15) is 16.1 Å². The molecule has 1 N–H and O–H groups in total. The normalized spacial score (nSPS) is 14.0. The van der Waals surface area contributed by atoms with Crippen LogP contribution in [0.4, 0.5) is 11.5 Å². The second kappa shape index (κ2) is 8.68. The number of pyridine rings is 1. The zero-order valence-corrected chi connectivity index (χ0v) is 16.4. The molecular formula is C22H24N4O3. The van der Waals surface area contributed by atoms with Gasteiger partial charge in [-0.3, -0.25) is 4.79 Å². The smallest absolute Gasteiger partial charge is 0.253 e. The summed E-state index contributed by atoms with van der Waals surface area (Å²) < 4.78 is 10.7. The second-order valence-corrected chi connectivity index (χ2v) is 6.81. The van der Waals surface area contributed by atoms with Crippen molar-refractivity contribution in [3.05, 3.63) is 72.3 Å². The number of ether oxygens (including phenoxy) is 1. The van der Waals surface area contributed by atoms with E-state index in [4.69, 9.17) is 9.15 Å². The van der Waals surface area contributed by atoms with Gasteiger partial charge in [-0.25, -0.2) is 4.98 Å². The van der Waals surface area contributed by atoms with Gasteiger partial charge in [0.15, 0.2) is 0 Å². The largest absolute Gasteiger partial charge is 0.495 e. The molecule has 150 valence electrons. The molecule has 1 saturated heterocycles. The standard InChI is InChI=1S/C22H24N4O3/c1-28-20-7-3-2-6-19(20)25-10-12-26(13-11-25)21-9-8-17(15-23-21)22(27)24-16-18-5-4-14-29-18/h2-9,14-15H,10-13,16H2,1H3,(H,24,27). The average molecular weight is 392 g/mol. The summed E-state index contributed by atoms with van der Waals surface area (Å²) in [7, 11) is 1.70. The Morgan fingerprint density at radius 2 is 1.86 bits per heavy atom. The molecule has 0 bridgehead atoms. The molecule has 0 unspecified atom stereocenters. The molecule has 0 spiro atoms. The molecule has 3 aromatic rings. The number of carbonyl (C=O) groups is 1. The van der Waals surface area contributed by atoms with Crippen LogP contribution in [-0.2, 0) is 6.54 Å². The molecule has 0 saturated carbocycles. The summed E-state index contributed by atoms with van der Waals surface area (Å²) in [6, 6.07) is 15.4. The maximum atomic E-state index is 12.3. The third kappa shape index (κ3) is 4.34. The number of rotatable bonds is 6. The van der Waals surface area contributed by atoms with Crippen LogP contribution >= 0.6 is 0 Å². The van der Waals surface area contributed by atoms with Crippen molar-refractivity contribution in [2.45, 2.75) is 6.54 Å². The Morgan fingerprint density at radius 1 is 1.07 bits per heavy atom. The average Bonchev–Trinajstić information content (AvgIpc) is 3.31. The number of furan rings is 1. The van der Waals surface area contributed by atoms with Gasteiger partial charge in [0.05, 0.1) is 31.2 Å². The predicted octanol–water partition coefficient (Wildman–Crippen LogP) is 2.94. The van der Waals surface area contributed by atoms with E-state index in [1.165, 1.54) is 0 Å². The highest BCUT2D eigenvalue weighted by molar-refractivity contribution is 5.94. The minimum absolute atomic E-state index is 0.165. The highest BCUT2D eigenvalue weighted by Crippen LogP contribution is 2.28. The van der Waals surface area contributed by atoms with E-state index in [9.17, 15) is 4.79 Å². The summed E-state index contributed by atoms with van der Waals surface area (Å²) in [6.45, 7) is 3.84. The maximum absolute atomic E-state index is 12.3. The van der Waals surface area contributed by atoms with Gasteiger partial charge >= 0.3 is 0 Å². The molecule has 7 heteroatoms. The Hall–Kier alpha value is -3.48. The Balaban J connectivity index is 1.33. The molecule has 29 heavy (non-hydrogen) atoms.